The molecule has 1 atom stereocenters. The van der Waals surface area contributed by atoms with Crippen molar-refractivity contribution in [2.75, 3.05) is 5.32 Å². The van der Waals surface area contributed by atoms with E-state index in [-0.39, 0.29) is 17.0 Å². The Labute approximate surface area is 190 Å². The van der Waals surface area contributed by atoms with Gasteiger partial charge in [0.2, 0.25) is 0 Å². The molecule has 4 N–H and O–H groups in total. The van der Waals surface area contributed by atoms with Gasteiger partial charge in [-0.1, -0.05) is 31.7 Å². The number of hydrogen-bond acceptors (Lipinski definition) is 7. The second-order valence-corrected chi connectivity index (χ2v) is 9.86. The van der Waals surface area contributed by atoms with Crippen molar-refractivity contribution in [2.24, 2.45) is 5.41 Å². The number of halogens is 1. The van der Waals surface area contributed by atoms with E-state index in [1.54, 1.807) is 19.1 Å². The number of fused-ring (bicyclic) bond motifs is 1. The third kappa shape index (κ3) is 4.17. The third-order valence-corrected chi connectivity index (χ3v) is 6.96. The van der Waals surface area contributed by atoms with Gasteiger partial charge in [-0.05, 0) is 49.0 Å². The van der Waals surface area contributed by atoms with E-state index >= 15 is 0 Å². The molecule has 0 radical (unpaired) electrons. The smallest absolute Gasteiger partial charge is 0.254 e. The van der Waals surface area contributed by atoms with Crippen LogP contribution in [0.25, 0.3) is 5.57 Å². The molecule has 1 aromatic heterocycles. The van der Waals surface area contributed by atoms with Crippen molar-refractivity contribution < 1.29 is 9.18 Å². The molecular weight excluding hydrogens is 427 g/mol. The van der Waals surface area contributed by atoms with E-state index in [9.17, 15) is 9.18 Å². The molecule has 1 unspecified atom stereocenters. The number of nitrogens with one attached hydrogen (secondary N) is 4. The zero-order valence-corrected chi connectivity index (χ0v) is 19.2. The number of carbonyl (C=O) groups is 1. The zero-order chi connectivity index (χ0) is 23.2. The number of rotatable bonds is 6. The van der Waals surface area contributed by atoms with E-state index in [2.05, 4.69) is 34.4 Å². The van der Waals surface area contributed by atoms with Crippen LogP contribution in [0.5, 0.6) is 0 Å². The van der Waals surface area contributed by atoms with Crippen LogP contribution in [-0.4, -0.2) is 32.7 Å². The largest absolute Gasteiger partial charge is 0.365 e. The molecule has 166 valence electrons. The van der Waals surface area contributed by atoms with Crippen molar-refractivity contribution in [3.05, 3.63) is 52.7 Å². The van der Waals surface area contributed by atoms with E-state index in [1.165, 1.54) is 24.2 Å². The van der Waals surface area contributed by atoms with Gasteiger partial charge in [-0.25, -0.2) is 14.4 Å². The Balaban J connectivity index is 1.53. The summed E-state index contributed by atoms with van der Waals surface area (Å²) in [6.45, 7) is 7.96. The maximum atomic E-state index is 14.3. The predicted octanol–water partition coefficient (Wildman–Crippen LogP) is 4.65. The summed E-state index contributed by atoms with van der Waals surface area (Å²) < 4.78 is 14.3. The zero-order valence-electron chi connectivity index (χ0n) is 18.4. The van der Waals surface area contributed by atoms with Crippen molar-refractivity contribution >= 4 is 39.8 Å². The standard InChI is InChI=1S/C23H25FN6OS/c1-11(12(2)25)17-18-19(32-20(17)26)21(29-10-28-18)27-9-13-5-6-15(24)14(7-13)22(31)30-16-8-23(16,3)4/h5-7,10,16,25-26H,8-9H2,1-4H3,(H,30,31)(H,27,28,29)/b17-11-,25-12?,26-20?. The highest BCUT2D eigenvalue weighted by Gasteiger charge is 2.46. The lowest BCUT2D eigenvalue weighted by molar-refractivity contribution is 0.0942. The summed E-state index contributed by atoms with van der Waals surface area (Å²) in [5.74, 6) is -0.395. The van der Waals surface area contributed by atoms with Crippen molar-refractivity contribution in [2.45, 2.75) is 51.6 Å². The predicted molar refractivity (Wildman–Crippen MR) is 125 cm³/mol. The van der Waals surface area contributed by atoms with Gasteiger partial charge in [0.1, 0.15) is 23.0 Å². The summed E-state index contributed by atoms with van der Waals surface area (Å²) in [4.78, 5) is 21.9. The average molecular weight is 453 g/mol. The second-order valence-electron chi connectivity index (χ2n) is 8.84. The normalized spacial score (nSPS) is 19.9. The van der Waals surface area contributed by atoms with Crippen LogP contribution in [-0.2, 0) is 6.54 Å². The molecule has 2 aromatic rings. The summed E-state index contributed by atoms with van der Waals surface area (Å²) in [7, 11) is 0. The highest BCUT2D eigenvalue weighted by molar-refractivity contribution is 8.15. The van der Waals surface area contributed by atoms with Gasteiger partial charge in [0.15, 0.2) is 0 Å². The number of benzene rings is 1. The molecule has 32 heavy (non-hydrogen) atoms. The Morgan fingerprint density at radius 2 is 2.03 bits per heavy atom. The van der Waals surface area contributed by atoms with Gasteiger partial charge in [0, 0.05) is 23.9 Å². The molecule has 9 heteroatoms. The first-order valence-corrected chi connectivity index (χ1v) is 11.1. The summed E-state index contributed by atoms with van der Waals surface area (Å²) >= 11 is 1.25. The molecular formula is C23H25FN6OS. The van der Waals surface area contributed by atoms with Crippen molar-refractivity contribution in [3.63, 3.8) is 0 Å². The SMILES string of the molecule is CC(=N)/C(C)=C1\C(=N)Sc2c(NCc3ccc(F)c(C(=O)NC4CC4(C)C)c3)ncnc21. The number of thioether (sulfide) groups is 1. The first kappa shape index (κ1) is 22.1. The van der Waals surface area contributed by atoms with Crippen LogP contribution in [0.3, 0.4) is 0 Å². The third-order valence-electron chi connectivity index (χ3n) is 5.96. The summed E-state index contributed by atoms with van der Waals surface area (Å²) in [5.41, 5.74) is 3.19. The molecule has 1 aliphatic heterocycles. The molecule has 2 aliphatic rings. The second kappa shape index (κ2) is 8.12. The lowest BCUT2D eigenvalue weighted by atomic mass is 10.0. The van der Waals surface area contributed by atoms with Gasteiger partial charge in [0.25, 0.3) is 5.91 Å². The molecule has 0 bridgehead atoms. The highest BCUT2D eigenvalue weighted by Crippen LogP contribution is 2.45. The topological polar surface area (TPSA) is 115 Å². The summed E-state index contributed by atoms with van der Waals surface area (Å²) in [5, 5.41) is 22.7. The molecule has 0 spiro atoms. The Morgan fingerprint density at radius 1 is 1.31 bits per heavy atom. The van der Waals surface area contributed by atoms with Crippen LogP contribution >= 0.6 is 11.8 Å². The van der Waals surface area contributed by atoms with Crippen LogP contribution < -0.4 is 10.6 Å². The fourth-order valence-corrected chi connectivity index (χ4v) is 4.59. The number of nitrogens with zero attached hydrogens (tertiary/aromatic N) is 2. The monoisotopic (exact) mass is 452 g/mol. The summed E-state index contributed by atoms with van der Waals surface area (Å²) in [6, 6.07) is 4.56. The molecule has 1 saturated carbocycles. The Bertz CT molecular complexity index is 1190. The fourth-order valence-electron chi connectivity index (χ4n) is 3.56. The van der Waals surface area contributed by atoms with E-state index in [0.29, 0.717) is 40.0 Å². The highest BCUT2D eigenvalue weighted by atomic mass is 32.2. The Hall–Kier alpha value is -3.07. The number of amides is 1. The van der Waals surface area contributed by atoms with Crippen LogP contribution in [0.1, 0.15) is 55.7 Å². The van der Waals surface area contributed by atoms with Gasteiger partial charge in [-0.15, -0.1) is 0 Å². The maximum Gasteiger partial charge on any atom is 0.254 e. The van der Waals surface area contributed by atoms with Gasteiger partial charge in [0.05, 0.1) is 16.2 Å². The quantitative estimate of drug-likeness (QED) is 0.476. The molecule has 4 rings (SSSR count). The first-order chi connectivity index (χ1) is 15.1. The Kier molecular flexibility index (Phi) is 5.62. The van der Waals surface area contributed by atoms with Crippen LogP contribution in [0, 0.1) is 22.1 Å². The number of allylic oxidation sites excluding steroid dienone is 1. The maximum absolute atomic E-state index is 14.3. The molecule has 0 saturated heterocycles. The van der Waals surface area contributed by atoms with Gasteiger partial charge >= 0.3 is 0 Å². The number of hydrogen-bond donors (Lipinski definition) is 4. The number of carbonyl (C=O) groups excluding carboxylic acids is 1. The minimum atomic E-state index is -0.552. The van der Waals surface area contributed by atoms with E-state index in [0.717, 1.165) is 16.9 Å². The van der Waals surface area contributed by atoms with Crippen molar-refractivity contribution in [3.8, 4) is 0 Å². The number of aromatic nitrogens is 2. The average Bonchev–Trinajstić information content (AvgIpc) is 3.18. The lowest BCUT2D eigenvalue weighted by Crippen LogP contribution is -2.29. The first-order valence-electron chi connectivity index (χ1n) is 10.3. The molecule has 1 fully saturated rings. The van der Waals surface area contributed by atoms with Crippen LogP contribution in [0.15, 0.2) is 35.0 Å². The van der Waals surface area contributed by atoms with E-state index in [1.807, 2.05) is 6.92 Å². The van der Waals surface area contributed by atoms with Crippen molar-refractivity contribution in [1.82, 2.24) is 15.3 Å². The van der Waals surface area contributed by atoms with Crippen LogP contribution in [0.2, 0.25) is 0 Å². The molecule has 1 aliphatic carbocycles. The van der Waals surface area contributed by atoms with Crippen molar-refractivity contribution in [1.29, 1.82) is 10.8 Å². The molecule has 7 nitrogen and oxygen atoms in total. The molecule has 1 aromatic carbocycles. The molecule has 2 heterocycles. The van der Waals surface area contributed by atoms with Gasteiger partial charge in [-0.3, -0.25) is 10.2 Å². The summed E-state index contributed by atoms with van der Waals surface area (Å²) in [6.07, 6.45) is 2.31. The minimum absolute atomic E-state index is 0.0263. The van der Waals surface area contributed by atoms with Gasteiger partial charge in [-0.2, -0.15) is 0 Å². The Morgan fingerprint density at radius 3 is 2.69 bits per heavy atom. The molecule has 1 amide bonds. The van der Waals surface area contributed by atoms with E-state index < -0.39 is 11.7 Å². The lowest BCUT2D eigenvalue weighted by Gasteiger charge is -2.11. The number of anilines is 1. The minimum Gasteiger partial charge on any atom is -0.365 e. The van der Waals surface area contributed by atoms with Crippen LogP contribution in [0.4, 0.5) is 10.2 Å². The van der Waals surface area contributed by atoms with Gasteiger partial charge < -0.3 is 16.0 Å². The van der Waals surface area contributed by atoms with E-state index in [4.69, 9.17) is 10.8 Å². The fraction of sp³-hybridized carbons (Fsp3) is 0.348.